The minimum Gasteiger partial charge on any atom is -0.465 e. The molecule has 17 atom stereocenters. The molecule has 0 radical (unpaired) electrons. The molecule has 6 aliphatic carbocycles. The van der Waals surface area contributed by atoms with E-state index in [9.17, 15) is 19.2 Å². The molecule has 8 fully saturated rings. The Morgan fingerprint density at radius 2 is 1.20 bits per heavy atom. The Bertz CT molecular complexity index is 1190. The molecule has 2 aliphatic heterocycles. The van der Waals surface area contributed by atoms with Gasteiger partial charge in [-0.15, -0.1) is 0 Å². The van der Waals surface area contributed by atoms with Gasteiger partial charge >= 0.3 is 23.9 Å². The number of esters is 4. The molecule has 0 aromatic carbocycles. The van der Waals surface area contributed by atoms with E-state index in [2.05, 4.69) is 6.92 Å². The lowest BCUT2D eigenvalue weighted by Crippen LogP contribution is -2.49. The zero-order valence-electron chi connectivity index (χ0n) is 25.1. The maximum absolute atomic E-state index is 13.7. The summed E-state index contributed by atoms with van der Waals surface area (Å²) in [4.78, 5) is 52.1. The van der Waals surface area contributed by atoms with Crippen molar-refractivity contribution >= 4 is 23.9 Å². The lowest BCUT2D eigenvalue weighted by atomic mass is 9.53. The number of hydrogen-bond donors (Lipinski definition) is 0. The van der Waals surface area contributed by atoms with Crippen molar-refractivity contribution in [2.24, 2.45) is 101 Å². The van der Waals surface area contributed by atoms with Gasteiger partial charge in [-0.1, -0.05) is 73.3 Å². The normalized spacial score (nSPS) is 45.7. The lowest BCUT2D eigenvalue weighted by molar-refractivity contribution is -0.166. The van der Waals surface area contributed by atoms with Gasteiger partial charge in [0.05, 0.1) is 30.3 Å². The van der Waals surface area contributed by atoms with Crippen LogP contribution in [0.5, 0.6) is 0 Å². The number of carbonyl (C=O) groups is 4. The molecule has 2 saturated heterocycles. The molecule has 0 aromatic rings. The zero-order chi connectivity index (χ0) is 28.7. The van der Waals surface area contributed by atoms with E-state index < -0.39 is 11.5 Å². The van der Waals surface area contributed by atoms with Crippen molar-refractivity contribution in [1.29, 1.82) is 0 Å². The highest BCUT2D eigenvalue weighted by atomic mass is 16.6. The Hall–Kier alpha value is -1.92. The molecule has 8 rings (SSSR count). The third-order valence-electron chi connectivity index (χ3n) is 14.1. The molecule has 6 bridgehead atoms. The van der Waals surface area contributed by atoms with Crippen molar-refractivity contribution < 1.29 is 33.4 Å². The summed E-state index contributed by atoms with van der Waals surface area (Å²) in [6, 6.07) is 0. The van der Waals surface area contributed by atoms with Gasteiger partial charge in [-0.05, 0) is 130 Å². The number of hydrogen-bond acceptors (Lipinski definition) is 7. The van der Waals surface area contributed by atoms with Gasteiger partial charge in [0.2, 0.25) is 0 Å². The summed E-state index contributed by atoms with van der Waals surface area (Å²) in [7, 11) is 0. The third-order valence-corrected chi connectivity index (χ3v) is 14.1. The third kappa shape index (κ3) is 6.53. The van der Waals surface area contributed by atoms with Crippen LogP contribution < -0.4 is 0 Å². The Labute approximate surface area is 302 Å². The smallest absolute Gasteiger partial charge is 0.317 e. The molecule has 8 aliphatic rings. The Kier molecular flexibility index (Phi) is 15.1. The van der Waals surface area contributed by atoms with E-state index in [1.54, 1.807) is 0 Å². The second-order valence-electron chi connectivity index (χ2n) is 16.6. The molecule has 2 heterocycles. The number of carbonyl (C=O) groups excluding carboxylic acids is 4. The van der Waals surface area contributed by atoms with Crippen LogP contribution in [0.3, 0.4) is 0 Å². The molecule has 0 spiro atoms. The SMILES string of the molecule is C.C.C.C.C.C.C.C.CC1C(=O)OC(=O)C1C1C2CCC(C2)C1C1C2CC(CC2C(=O)OC(C)(C)C)C1C1C(C)C2CC1C1COC(=O)C21. The summed E-state index contributed by atoms with van der Waals surface area (Å²) in [5.74, 6) is 3.87. The topological polar surface area (TPSA) is 96.0 Å². The first-order valence-electron chi connectivity index (χ1n) is 16.6. The largest absolute Gasteiger partial charge is 0.465 e. The highest BCUT2D eigenvalue weighted by Crippen LogP contribution is 2.73. The average molecular weight is 695 g/mol. The van der Waals surface area contributed by atoms with Crippen LogP contribution in [0, 0.1) is 101 Å². The fourth-order valence-electron chi connectivity index (χ4n) is 13.2. The monoisotopic (exact) mass is 695 g/mol. The molecule has 7 heteroatoms. The van der Waals surface area contributed by atoms with Crippen molar-refractivity contribution in [3.8, 4) is 0 Å². The summed E-state index contributed by atoms with van der Waals surface area (Å²) in [5.41, 5.74) is -0.519. The average Bonchev–Trinajstić information content (AvgIpc) is 3.73. The molecule has 7 nitrogen and oxygen atoms in total. The lowest BCUT2D eigenvalue weighted by Gasteiger charge is -2.50. The first-order chi connectivity index (χ1) is 19.4. The molecule has 288 valence electrons. The maximum atomic E-state index is 13.7. The minimum absolute atomic E-state index is 0. The van der Waals surface area contributed by atoms with Crippen molar-refractivity contribution in [2.45, 2.75) is 138 Å². The van der Waals surface area contributed by atoms with Crippen molar-refractivity contribution in [2.75, 3.05) is 6.61 Å². The Morgan fingerprint density at radius 1 is 0.612 bits per heavy atom. The van der Waals surface area contributed by atoms with Gasteiger partial charge in [-0.3, -0.25) is 19.2 Å². The van der Waals surface area contributed by atoms with Crippen LogP contribution in [0.1, 0.15) is 133 Å². The van der Waals surface area contributed by atoms with Gasteiger partial charge in [0.15, 0.2) is 0 Å². The van der Waals surface area contributed by atoms with Gasteiger partial charge in [0.1, 0.15) is 5.60 Å². The van der Waals surface area contributed by atoms with Crippen LogP contribution >= 0.6 is 0 Å². The van der Waals surface area contributed by atoms with Crippen molar-refractivity contribution in [3.63, 3.8) is 0 Å². The van der Waals surface area contributed by atoms with Gasteiger partial charge in [-0.25, -0.2) is 0 Å². The summed E-state index contributed by atoms with van der Waals surface area (Å²) >= 11 is 0. The first-order valence-corrected chi connectivity index (χ1v) is 16.6. The van der Waals surface area contributed by atoms with E-state index in [-0.39, 0.29) is 113 Å². The highest BCUT2D eigenvalue weighted by Gasteiger charge is 2.70. The summed E-state index contributed by atoms with van der Waals surface area (Å²) < 4.78 is 16.9. The molecule has 0 N–H and O–H groups in total. The van der Waals surface area contributed by atoms with E-state index in [4.69, 9.17) is 14.2 Å². The Morgan fingerprint density at radius 3 is 1.78 bits per heavy atom. The van der Waals surface area contributed by atoms with Crippen molar-refractivity contribution in [3.05, 3.63) is 0 Å². The molecular formula is C42H78O7. The fraction of sp³-hybridized carbons (Fsp3) is 0.905. The predicted molar refractivity (Wildman–Crippen MR) is 200 cm³/mol. The second-order valence-corrected chi connectivity index (χ2v) is 16.6. The van der Waals surface area contributed by atoms with E-state index in [1.165, 1.54) is 6.42 Å². The number of cyclic esters (lactones) is 3. The maximum Gasteiger partial charge on any atom is 0.317 e. The number of fused-ring (bicyclic) bond motifs is 9. The standard InChI is InChI=1S/C34H46O7.8CH4/c1-13-18-11-20(22-12-39-32(37)28(18)22)23(13)27-17-9-19(21(10-17)31(36)41-34(3,4)5)29(27)26-16-7-6-15(8-16)25(26)24-14(2)30(35)40-33(24)38;;;;;;;;/h13-29H,6-12H2,1-5H3;8*1H4. The summed E-state index contributed by atoms with van der Waals surface area (Å²) in [6.45, 7) is 10.7. The fourth-order valence-corrected chi connectivity index (χ4v) is 13.2. The summed E-state index contributed by atoms with van der Waals surface area (Å²) in [6.07, 6.45) is 6.55. The second kappa shape index (κ2) is 15.8. The minimum atomic E-state index is -0.519. The highest BCUT2D eigenvalue weighted by molar-refractivity contribution is 5.96. The van der Waals surface area contributed by atoms with Crippen LogP contribution in [0.25, 0.3) is 0 Å². The molecular weight excluding hydrogens is 616 g/mol. The van der Waals surface area contributed by atoms with Crippen LogP contribution in [0.15, 0.2) is 0 Å². The number of ether oxygens (including phenoxy) is 3. The molecule has 0 aromatic heterocycles. The quantitative estimate of drug-likeness (QED) is 0.164. The number of rotatable bonds is 4. The van der Waals surface area contributed by atoms with E-state index in [0.717, 1.165) is 32.1 Å². The Balaban J connectivity index is 0.00000288. The van der Waals surface area contributed by atoms with E-state index in [0.29, 0.717) is 71.7 Å². The van der Waals surface area contributed by atoms with Crippen LogP contribution in [0.2, 0.25) is 0 Å². The summed E-state index contributed by atoms with van der Waals surface area (Å²) in [5, 5.41) is 0. The van der Waals surface area contributed by atoms with Crippen LogP contribution in [0.4, 0.5) is 0 Å². The van der Waals surface area contributed by atoms with E-state index >= 15 is 0 Å². The van der Waals surface area contributed by atoms with Gasteiger partial charge in [0.25, 0.3) is 0 Å². The molecule has 6 saturated carbocycles. The molecule has 49 heavy (non-hydrogen) atoms. The van der Waals surface area contributed by atoms with Gasteiger partial charge in [0, 0.05) is 5.92 Å². The van der Waals surface area contributed by atoms with Gasteiger partial charge < -0.3 is 14.2 Å². The predicted octanol–water partition coefficient (Wildman–Crippen LogP) is 9.99. The first kappa shape index (κ1) is 47.1. The van der Waals surface area contributed by atoms with E-state index in [1.807, 2.05) is 27.7 Å². The van der Waals surface area contributed by atoms with Gasteiger partial charge in [-0.2, -0.15) is 0 Å². The van der Waals surface area contributed by atoms with Crippen LogP contribution in [-0.2, 0) is 33.4 Å². The van der Waals surface area contributed by atoms with Crippen molar-refractivity contribution in [1.82, 2.24) is 0 Å². The molecule has 17 unspecified atom stereocenters. The molecule has 0 amide bonds. The van der Waals surface area contributed by atoms with Crippen LogP contribution in [-0.4, -0.2) is 36.1 Å². The zero-order valence-corrected chi connectivity index (χ0v) is 25.1.